The van der Waals surface area contributed by atoms with E-state index in [1.165, 1.54) is 0 Å². The van der Waals surface area contributed by atoms with Crippen LogP contribution in [0.5, 0.6) is 0 Å². The van der Waals surface area contributed by atoms with Crippen molar-refractivity contribution in [1.82, 2.24) is 10.3 Å². The maximum atomic E-state index is 12.1. The van der Waals surface area contributed by atoms with Crippen molar-refractivity contribution in [3.8, 4) is 0 Å². The molecule has 1 rings (SSSR count). The maximum absolute atomic E-state index is 12.1. The Bertz CT molecular complexity index is 407. The van der Waals surface area contributed by atoms with Crippen LogP contribution in [0.4, 0.5) is 5.69 Å². The molecule has 0 bridgehead atoms. The van der Waals surface area contributed by atoms with Crippen molar-refractivity contribution in [1.29, 1.82) is 0 Å². The van der Waals surface area contributed by atoms with E-state index < -0.39 is 0 Å². The standard InChI is InChI=1S/C13H21N3OS/c1-5-15-11-6-7-14-8-10(11)12(17)16-9-13(2,3)18-4/h6-8H,5,9H2,1-4H3,(H,14,15)(H,16,17). The van der Waals surface area contributed by atoms with Crippen LogP contribution in [-0.2, 0) is 0 Å². The zero-order valence-corrected chi connectivity index (χ0v) is 12.2. The van der Waals surface area contributed by atoms with Crippen LogP contribution in [0.2, 0.25) is 0 Å². The Hall–Kier alpha value is -1.23. The number of anilines is 1. The van der Waals surface area contributed by atoms with Crippen molar-refractivity contribution in [3.05, 3.63) is 24.0 Å². The Kier molecular flexibility index (Phi) is 5.47. The van der Waals surface area contributed by atoms with Gasteiger partial charge in [0.15, 0.2) is 0 Å². The summed E-state index contributed by atoms with van der Waals surface area (Å²) < 4.78 is 0.0379. The van der Waals surface area contributed by atoms with Gasteiger partial charge in [0.25, 0.3) is 5.91 Å². The van der Waals surface area contributed by atoms with Gasteiger partial charge >= 0.3 is 0 Å². The van der Waals surface area contributed by atoms with Crippen LogP contribution in [0.3, 0.4) is 0 Å². The minimum atomic E-state index is -0.0822. The molecule has 0 aliphatic heterocycles. The summed E-state index contributed by atoms with van der Waals surface area (Å²) >= 11 is 1.73. The summed E-state index contributed by atoms with van der Waals surface area (Å²) in [5, 5.41) is 6.11. The normalized spacial score (nSPS) is 11.1. The quantitative estimate of drug-likeness (QED) is 0.831. The number of hydrogen-bond acceptors (Lipinski definition) is 4. The zero-order valence-electron chi connectivity index (χ0n) is 11.4. The van der Waals surface area contributed by atoms with Gasteiger partial charge in [0.05, 0.1) is 11.3 Å². The highest BCUT2D eigenvalue weighted by Crippen LogP contribution is 2.20. The third-order valence-corrected chi connectivity index (χ3v) is 3.91. The molecule has 1 heterocycles. The first kappa shape index (κ1) is 14.8. The lowest BCUT2D eigenvalue weighted by molar-refractivity contribution is 0.0951. The Morgan fingerprint density at radius 3 is 2.83 bits per heavy atom. The third kappa shape index (κ3) is 4.22. The fourth-order valence-corrected chi connectivity index (χ4v) is 1.60. The minimum absolute atomic E-state index is 0.0379. The number of nitrogens with one attached hydrogen (secondary N) is 2. The Morgan fingerprint density at radius 2 is 2.22 bits per heavy atom. The van der Waals surface area contributed by atoms with Crippen molar-refractivity contribution in [2.24, 2.45) is 0 Å². The molecule has 1 amide bonds. The third-order valence-electron chi connectivity index (χ3n) is 2.66. The first-order chi connectivity index (χ1) is 8.50. The average molecular weight is 267 g/mol. The van der Waals surface area contributed by atoms with E-state index in [1.807, 2.05) is 19.2 Å². The SMILES string of the molecule is CCNc1ccncc1C(=O)NCC(C)(C)SC. The van der Waals surface area contributed by atoms with Gasteiger partial charge in [-0.25, -0.2) is 0 Å². The molecule has 0 atom stereocenters. The molecule has 1 aromatic heterocycles. The molecule has 0 unspecified atom stereocenters. The van der Waals surface area contributed by atoms with Crippen molar-refractivity contribution in [2.75, 3.05) is 24.7 Å². The molecule has 4 nitrogen and oxygen atoms in total. The topological polar surface area (TPSA) is 54.0 Å². The van der Waals surface area contributed by atoms with Crippen LogP contribution in [0, 0.1) is 0 Å². The van der Waals surface area contributed by atoms with E-state index in [-0.39, 0.29) is 10.7 Å². The minimum Gasteiger partial charge on any atom is -0.385 e. The van der Waals surface area contributed by atoms with Crippen molar-refractivity contribution in [2.45, 2.75) is 25.5 Å². The van der Waals surface area contributed by atoms with Gasteiger partial charge < -0.3 is 10.6 Å². The number of nitrogens with zero attached hydrogens (tertiary/aromatic N) is 1. The van der Waals surface area contributed by atoms with Gasteiger partial charge in [0.1, 0.15) is 0 Å². The van der Waals surface area contributed by atoms with Crippen LogP contribution >= 0.6 is 11.8 Å². The second-order valence-corrected chi connectivity index (χ2v) is 6.11. The van der Waals surface area contributed by atoms with Crippen molar-refractivity contribution in [3.63, 3.8) is 0 Å². The molecule has 0 saturated carbocycles. The predicted octanol–water partition coefficient (Wildman–Crippen LogP) is 2.38. The number of amides is 1. The molecule has 0 radical (unpaired) electrons. The Morgan fingerprint density at radius 1 is 1.50 bits per heavy atom. The number of carbonyl (C=O) groups is 1. The molecule has 18 heavy (non-hydrogen) atoms. The highest BCUT2D eigenvalue weighted by Gasteiger charge is 2.18. The second-order valence-electron chi connectivity index (χ2n) is 4.60. The molecule has 0 fully saturated rings. The van der Waals surface area contributed by atoms with E-state index in [9.17, 15) is 4.79 Å². The lowest BCUT2D eigenvalue weighted by atomic mass is 10.2. The summed E-state index contributed by atoms with van der Waals surface area (Å²) in [5.41, 5.74) is 1.42. The van der Waals surface area contributed by atoms with Gasteiger partial charge in [-0.05, 0) is 33.1 Å². The number of rotatable bonds is 6. The van der Waals surface area contributed by atoms with Gasteiger partial charge in [0.2, 0.25) is 0 Å². The molecule has 0 saturated heterocycles. The average Bonchev–Trinajstić information content (AvgIpc) is 2.37. The van der Waals surface area contributed by atoms with Crippen LogP contribution in [0.1, 0.15) is 31.1 Å². The zero-order chi connectivity index (χ0) is 13.6. The lowest BCUT2D eigenvalue weighted by Gasteiger charge is -2.22. The number of hydrogen-bond donors (Lipinski definition) is 2. The molecule has 2 N–H and O–H groups in total. The van der Waals surface area contributed by atoms with Gasteiger partial charge in [-0.3, -0.25) is 9.78 Å². The fourth-order valence-electron chi connectivity index (χ4n) is 1.38. The predicted molar refractivity (Wildman–Crippen MR) is 78.3 cm³/mol. The van der Waals surface area contributed by atoms with Crippen LogP contribution in [0.25, 0.3) is 0 Å². The van der Waals surface area contributed by atoms with Crippen LogP contribution < -0.4 is 10.6 Å². The molecule has 0 spiro atoms. The largest absolute Gasteiger partial charge is 0.385 e. The van der Waals surface area contributed by atoms with Crippen molar-refractivity contribution < 1.29 is 4.79 Å². The first-order valence-corrected chi connectivity index (χ1v) is 7.24. The molecule has 0 aliphatic rings. The first-order valence-electron chi connectivity index (χ1n) is 6.01. The highest BCUT2D eigenvalue weighted by atomic mass is 32.2. The molecular formula is C13H21N3OS. The van der Waals surface area contributed by atoms with Crippen LogP contribution in [-0.4, -0.2) is 35.0 Å². The Balaban J connectivity index is 2.72. The van der Waals surface area contributed by atoms with E-state index in [1.54, 1.807) is 24.2 Å². The fraction of sp³-hybridized carbons (Fsp3) is 0.538. The summed E-state index contributed by atoms with van der Waals surface area (Å²) in [6.45, 7) is 7.62. The summed E-state index contributed by atoms with van der Waals surface area (Å²) in [7, 11) is 0. The van der Waals surface area contributed by atoms with Gasteiger partial charge in [0, 0.05) is 30.2 Å². The maximum Gasteiger partial charge on any atom is 0.255 e. The summed E-state index contributed by atoms with van der Waals surface area (Å²) in [4.78, 5) is 16.1. The Labute approximate surface area is 113 Å². The number of pyridine rings is 1. The summed E-state index contributed by atoms with van der Waals surface area (Å²) in [5.74, 6) is -0.0822. The number of aromatic nitrogens is 1. The van der Waals surface area contributed by atoms with Gasteiger partial charge in [-0.15, -0.1) is 0 Å². The summed E-state index contributed by atoms with van der Waals surface area (Å²) in [6.07, 6.45) is 5.32. The molecular weight excluding hydrogens is 246 g/mol. The molecule has 5 heteroatoms. The monoisotopic (exact) mass is 267 g/mol. The summed E-state index contributed by atoms with van der Waals surface area (Å²) in [6, 6.07) is 1.82. The van der Waals surface area contributed by atoms with Gasteiger partial charge in [-0.2, -0.15) is 11.8 Å². The molecule has 0 aliphatic carbocycles. The van der Waals surface area contributed by atoms with Gasteiger partial charge in [-0.1, -0.05) is 0 Å². The van der Waals surface area contributed by atoms with E-state index >= 15 is 0 Å². The van der Waals surface area contributed by atoms with Crippen molar-refractivity contribution >= 4 is 23.4 Å². The number of carbonyl (C=O) groups excluding carboxylic acids is 1. The molecule has 0 aromatic carbocycles. The lowest BCUT2D eigenvalue weighted by Crippen LogP contribution is -2.36. The highest BCUT2D eigenvalue weighted by molar-refractivity contribution is 7.99. The van der Waals surface area contributed by atoms with E-state index in [0.29, 0.717) is 12.1 Å². The van der Waals surface area contributed by atoms with Crippen LogP contribution in [0.15, 0.2) is 18.5 Å². The van der Waals surface area contributed by atoms with E-state index in [2.05, 4.69) is 29.5 Å². The van der Waals surface area contributed by atoms with E-state index in [4.69, 9.17) is 0 Å². The smallest absolute Gasteiger partial charge is 0.255 e. The second kappa shape index (κ2) is 6.64. The van der Waals surface area contributed by atoms with E-state index in [0.717, 1.165) is 12.2 Å². The molecule has 100 valence electrons. The molecule has 1 aromatic rings. The number of thioether (sulfide) groups is 1.